The van der Waals surface area contributed by atoms with Crippen LogP contribution in [-0.4, -0.2) is 47.7 Å². The molecule has 2 aromatic heterocycles. The van der Waals surface area contributed by atoms with Crippen molar-refractivity contribution in [3.8, 4) is 17.2 Å². The smallest absolute Gasteiger partial charge is 0.268 e. The minimum atomic E-state index is -1.18. The maximum atomic E-state index is 13.9. The number of aromatic amines is 1. The van der Waals surface area contributed by atoms with Crippen molar-refractivity contribution in [3.63, 3.8) is 0 Å². The van der Waals surface area contributed by atoms with Gasteiger partial charge in [-0.1, -0.05) is 103 Å². The number of rotatable bonds is 11. The van der Waals surface area contributed by atoms with Crippen molar-refractivity contribution in [2.75, 3.05) is 0 Å². The Morgan fingerprint density at radius 3 is 1.96 bits per heavy atom. The SMILES string of the molecule is O=C(N[C@@H](Cc1cn(C(c2ccccc2)(c2ccccc2)c2ccccc2)cn1)C(=O)NCc1ccc(O)c(O)c1)c1cc(=O)c2cccc(O)c2[nH]1. The molecule has 264 valence electrons. The number of phenols is 3. The minimum Gasteiger partial charge on any atom is -0.506 e. The number of fused-ring (bicyclic) bond motifs is 1. The number of aromatic nitrogens is 3. The van der Waals surface area contributed by atoms with Crippen molar-refractivity contribution in [1.82, 2.24) is 25.2 Å². The van der Waals surface area contributed by atoms with E-state index in [1.54, 1.807) is 12.4 Å². The summed E-state index contributed by atoms with van der Waals surface area (Å²) in [4.78, 5) is 48.0. The predicted octanol–water partition coefficient (Wildman–Crippen LogP) is 5.34. The number of carbonyl (C=O) groups is 2. The number of nitrogens with one attached hydrogen (secondary N) is 3. The summed E-state index contributed by atoms with van der Waals surface area (Å²) in [5, 5.41) is 35.8. The van der Waals surface area contributed by atoms with E-state index in [0.29, 0.717) is 11.3 Å². The van der Waals surface area contributed by atoms with Crippen LogP contribution in [-0.2, 0) is 23.3 Å². The Balaban J connectivity index is 1.26. The van der Waals surface area contributed by atoms with E-state index in [9.17, 15) is 29.7 Å². The molecule has 1 atom stereocenters. The average molecular weight is 706 g/mol. The van der Waals surface area contributed by atoms with Gasteiger partial charge >= 0.3 is 0 Å². The lowest BCUT2D eigenvalue weighted by molar-refractivity contribution is -0.123. The summed E-state index contributed by atoms with van der Waals surface area (Å²) in [6, 6.07) is 38.7. The second-order valence-electron chi connectivity index (χ2n) is 12.6. The molecule has 53 heavy (non-hydrogen) atoms. The molecule has 11 heteroatoms. The van der Waals surface area contributed by atoms with Gasteiger partial charge in [0.25, 0.3) is 5.91 Å². The van der Waals surface area contributed by atoms with E-state index >= 15 is 0 Å². The lowest BCUT2D eigenvalue weighted by atomic mass is 9.77. The van der Waals surface area contributed by atoms with Crippen LogP contribution < -0.4 is 16.1 Å². The van der Waals surface area contributed by atoms with E-state index in [1.165, 1.54) is 30.3 Å². The second-order valence-corrected chi connectivity index (χ2v) is 12.6. The largest absolute Gasteiger partial charge is 0.506 e. The van der Waals surface area contributed by atoms with Crippen LogP contribution in [0, 0.1) is 0 Å². The number of pyridine rings is 1. The highest BCUT2D eigenvalue weighted by Crippen LogP contribution is 2.40. The molecule has 0 spiro atoms. The van der Waals surface area contributed by atoms with Crippen molar-refractivity contribution < 1.29 is 24.9 Å². The van der Waals surface area contributed by atoms with E-state index in [-0.39, 0.29) is 46.8 Å². The number of phenolic OH excluding ortho intramolecular Hbond substituents is 3. The standard InChI is InChI=1S/C42H35N5O6/c48-35-20-19-27(21-38(35)51)24-43-40(52)33(46-41(53)34-23-37(50)32-17-10-18-36(49)39(32)45-34)22-31-25-47(26-44-31)42(28-11-4-1-5-12-28,29-13-6-2-7-14-29)30-15-8-3-9-16-30/h1-21,23,25-26,33,48-49,51H,22,24H2,(H,43,52)(H,45,50)(H,46,53)/t33-/m0/s1. The molecule has 7 aromatic rings. The normalized spacial score (nSPS) is 11.9. The van der Waals surface area contributed by atoms with Crippen LogP contribution in [0.4, 0.5) is 0 Å². The molecule has 2 amide bonds. The van der Waals surface area contributed by atoms with Crippen molar-refractivity contribution >= 4 is 22.7 Å². The van der Waals surface area contributed by atoms with Crippen LogP contribution in [0.15, 0.2) is 151 Å². The zero-order valence-electron chi connectivity index (χ0n) is 28.3. The molecule has 6 N–H and O–H groups in total. The average Bonchev–Trinajstić information content (AvgIpc) is 3.65. The van der Waals surface area contributed by atoms with Gasteiger partial charge in [-0.3, -0.25) is 14.4 Å². The summed E-state index contributed by atoms with van der Waals surface area (Å²) >= 11 is 0. The molecular formula is C42H35N5O6. The van der Waals surface area contributed by atoms with E-state index in [0.717, 1.165) is 22.8 Å². The number of amides is 2. The maximum Gasteiger partial charge on any atom is 0.268 e. The maximum absolute atomic E-state index is 13.9. The number of imidazole rings is 1. The number of carbonyl (C=O) groups excluding carboxylic acids is 2. The molecule has 0 saturated carbocycles. The summed E-state index contributed by atoms with van der Waals surface area (Å²) in [6.45, 7) is -0.0205. The van der Waals surface area contributed by atoms with E-state index in [1.807, 2.05) is 65.4 Å². The number of benzene rings is 5. The molecule has 7 rings (SSSR count). The van der Waals surface area contributed by atoms with Crippen LogP contribution in [0.3, 0.4) is 0 Å². The first-order chi connectivity index (χ1) is 25.7. The molecule has 0 saturated heterocycles. The summed E-state index contributed by atoms with van der Waals surface area (Å²) in [7, 11) is 0. The van der Waals surface area contributed by atoms with Crippen LogP contribution >= 0.6 is 0 Å². The Hall–Kier alpha value is -7.14. The summed E-state index contributed by atoms with van der Waals surface area (Å²) < 4.78 is 2.00. The molecule has 0 aliphatic heterocycles. The Morgan fingerprint density at radius 1 is 0.736 bits per heavy atom. The second kappa shape index (κ2) is 14.6. The Labute approximate surface area is 303 Å². The van der Waals surface area contributed by atoms with Crippen molar-refractivity contribution in [3.05, 3.63) is 190 Å². The molecule has 0 radical (unpaired) electrons. The van der Waals surface area contributed by atoms with Gasteiger partial charge in [0, 0.05) is 30.6 Å². The molecule has 0 fully saturated rings. The minimum absolute atomic E-state index is 0.0205. The third kappa shape index (κ3) is 6.83. The fraction of sp³-hybridized carbons (Fsp3) is 0.0952. The first-order valence-electron chi connectivity index (χ1n) is 16.9. The van der Waals surface area contributed by atoms with Gasteiger partial charge in [-0.25, -0.2) is 4.98 Å². The molecule has 0 aliphatic rings. The fourth-order valence-electron chi connectivity index (χ4n) is 6.66. The highest BCUT2D eigenvalue weighted by Gasteiger charge is 2.38. The van der Waals surface area contributed by atoms with Crippen molar-refractivity contribution in [2.24, 2.45) is 0 Å². The summed E-state index contributed by atoms with van der Waals surface area (Å²) in [5.74, 6) is -2.15. The molecule has 0 aliphatic carbocycles. The van der Waals surface area contributed by atoms with Crippen molar-refractivity contribution in [1.29, 1.82) is 0 Å². The van der Waals surface area contributed by atoms with E-state index in [2.05, 4.69) is 52.0 Å². The van der Waals surface area contributed by atoms with Crippen LogP contribution in [0.2, 0.25) is 0 Å². The van der Waals surface area contributed by atoms with Gasteiger partial charge in [-0.15, -0.1) is 0 Å². The lowest BCUT2D eigenvalue weighted by Gasteiger charge is -2.37. The molecule has 11 nitrogen and oxygen atoms in total. The third-order valence-electron chi connectivity index (χ3n) is 9.23. The number of hydrogen-bond donors (Lipinski definition) is 6. The number of aromatic hydroxyl groups is 3. The zero-order chi connectivity index (χ0) is 37.0. The van der Waals surface area contributed by atoms with Crippen LogP contribution in [0.25, 0.3) is 10.9 Å². The van der Waals surface area contributed by atoms with E-state index in [4.69, 9.17) is 4.98 Å². The molecule has 5 aromatic carbocycles. The van der Waals surface area contributed by atoms with Gasteiger partial charge in [-0.2, -0.15) is 0 Å². The first-order valence-corrected chi connectivity index (χ1v) is 16.9. The molecular weight excluding hydrogens is 670 g/mol. The Morgan fingerprint density at radius 2 is 1.36 bits per heavy atom. The van der Waals surface area contributed by atoms with Gasteiger partial charge in [-0.05, 0) is 46.5 Å². The number of para-hydroxylation sites is 1. The quantitative estimate of drug-likeness (QED) is 0.0780. The molecule has 0 unspecified atom stereocenters. The van der Waals surface area contributed by atoms with Crippen LogP contribution in [0.1, 0.15) is 38.4 Å². The number of nitrogens with zero attached hydrogens (tertiary/aromatic N) is 2. The Kier molecular flexibility index (Phi) is 9.46. The third-order valence-corrected chi connectivity index (χ3v) is 9.23. The first kappa shape index (κ1) is 34.3. The highest BCUT2D eigenvalue weighted by molar-refractivity contribution is 5.98. The monoisotopic (exact) mass is 705 g/mol. The van der Waals surface area contributed by atoms with Gasteiger partial charge in [0.05, 0.1) is 17.5 Å². The fourth-order valence-corrected chi connectivity index (χ4v) is 6.66. The van der Waals surface area contributed by atoms with Crippen LogP contribution in [0.5, 0.6) is 17.2 Å². The Bertz CT molecular complexity index is 2370. The molecule has 0 bridgehead atoms. The predicted molar refractivity (Wildman–Crippen MR) is 200 cm³/mol. The van der Waals surface area contributed by atoms with Gasteiger partial charge in [0.15, 0.2) is 16.9 Å². The van der Waals surface area contributed by atoms with E-state index < -0.39 is 28.8 Å². The number of H-pyrrole nitrogens is 1. The van der Waals surface area contributed by atoms with Gasteiger partial charge in [0.2, 0.25) is 5.91 Å². The van der Waals surface area contributed by atoms with Gasteiger partial charge < -0.3 is 35.5 Å². The molecule has 2 heterocycles. The zero-order valence-corrected chi connectivity index (χ0v) is 28.3. The van der Waals surface area contributed by atoms with Crippen molar-refractivity contribution in [2.45, 2.75) is 24.5 Å². The highest BCUT2D eigenvalue weighted by atomic mass is 16.3. The summed E-state index contributed by atoms with van der Waals surface area (Å²) in [6.07, 6.45) is 3.53. The lowest BCUT2D eigenvalue weighted by Crippen LogP contribution is -2.48. The number of hydrogen-bond acceptors (Lipinski definition) is 7. The van der Waals surface area contributed by atoms with Gasteiger partial charge in [0.1, 0.15) is 23.0 Å². The summed E-state index contributed by atoms with van der Waals surface area (Å²) in [5.41, 5.74) is 2.54. The topological polar surface area (TPSA) is 170 Å².